The molecular formula is C21H27N3O5S. The van der Waals surface area contributed by atoms with Crippen LogP contribution in [-0.4, -0.2) is 60.4 Å². The number of aliphatic hydroxyl groups excluding tert-OH is 1. The largest absolute Gasteiger partial charge is 0.465 e. The Kier molecular flexibility index (Phi) is 6.05. The summed E-state index contributed by atoms with van der Waals surface area (Å²) in [6, 6.07) is 5.47. The highest BCUT2D eigenvalue weighted by Gasteiger charge is 2.33. The lowest BCUT2D eigenvalue weighted by atomic mass is 10.1. The highest BCUT2D eigenvalue weighted by atomic mass is 32.1. The number of β-amino-alcohol motifs (C(OH)–C–C–N with tert-alkyl or cyclic N) is 1. The number of amides is 1. The molecule has 1 unspecified atom stereocenters. The van der Waals surface area contributed by atoms with Gasteiger partial charge < -0.3 is 19.5 Å². The topological polar surface area (TPSA) is 92.2 Å². The first-order chi connectivity index (χ1) is 14.0. The molecule has 0 fully saturated rings. The van der Waals surface area contributed by atoms with Gasteiger partial charge in [-0.2, -0.15) is 0 Å². The van der Waals surface area contributed by atoms with E-state index in [1.165, 1.54) is 23.3 Å². The third kappa shape index (κ3) is 4.57. The van der Waals surface area contributed by atoms with Gasteiger partial charge in [-0.3, -0.25) is 4.90 Å². The molecule has 1 aliphatic heterocycles. The predicted octanol–water partition coefficient (Wildman–Crippen LogP) is 3.45. The van der Waals surface area contributed by atoms with Crippen molar-refractivity contribution in [2.24, 2.45) is 0 Å². The summed E-state index contributed by atoms with van der Waals surface area (Å²) < 4.78 is 10.4. The van der Waals surface area contributed by atoms with Gasteiger partial charge in [-0.05, 0) is 39.0 Å². The summed E-state index contributed by atoms with van der Waals surface area (Å²) in [6.07, 6.45) is -1.36. The molecule has 1 N–H and O–H groups in total. The average molecular weight is 434 g/mol. The van der Waals surface area contributed by atoms with E-state index in [0.29, 0.717) is 26.7 Å². The van der Waals surface area contributed by atoms with Crippen LogP contribution in [-0.2, 0) is 16.0 Å². The van der Waals surface area contributed by atoms with Crippen molar-refractivity contribution in [3.63, 3.8) is 0 Å². The molecule has 0 saturated carbocycles. The van der Waals surface area contributed by atoms with Crippen LogP contribution in [0.25, 0.3) is 10.6 Å². The van der Waals surface area contributed by atoms with Crippen LogP contribution in [0.2, 0.25) is 0 Å². The van der Waals surface area contributed by atoms with E-state index in [-0.39, 0.29) is 13.1 Å². The van der Waals surface area contributed by atoms with Gasteiger partial charge in [0.25, 0.3) is 0 Å². The third-order valence-corrected chi connectivity index (χ3v) is 5.80. The minimum absolute atomic E-state index is 0.132. The van der Waals surface area contributed by atoms with Gasteiger partial charge in [-0.25, -0.2) is 14.6 Å². The number of esters is 1. The number of ether oxygens (including phenoxy) is 2. The number of carbonyl (C=O) groups is 2. The maximum Gasteiger partial charge on any atom is 0.410 e. The Morgan fingerprint density at radius 3 is 2.60 bits per heavy atom. The molecule has 1 aliphatic rings. The van der Waals surface area contributed by atoms with E-state index in [1.54, 1.807) is 26.8 Å². The molecule has 0 aliphatic carbocycles. The first-order valence-electron chi connectivity index (χ1n) is 9.56. The number of anilines is 1. The van der Waals surface area contributed by atoms with Gasteiger partial charge in [0.2, 0.25) is 0 Å². The van der Waals surface area contributed by atoms with Crippen LogP contribution in [0.4, 0.5) is 10.5 Å². The Morgan fingerprint density at radius 1 is 1.30 bits per heavy atom. The number of aliphatic hydroxyl groups is 1. The molecule has 0 spiro atoms. The summed E-state index contributed by atoms with van der Waals surface area (Å²) >= 11 is 1.32. The summed E-state index contributed by atoms with van der Waals surface area (Å²) in [5.74, 6) is -0.460. The lowest BCUT2D eigenvalue weighted by Crippen LogP contribution is -2.41. The molecule has 9 heteroatoms. The molecule has 0 bridgehead atoms. The Hall–Kier alpha value is -2.65. The summed E-state index contributed by atoms with van der Waals surface area (Å²) in [5, 5.41) is 11.2. The number of fused-ring (bicyclic) bond motifs is 1. The zero-order valence-corrected chi connectivity index (χ0v) is 18.9. The number of benzene rings is 1. The van der Waals surface area contributed by atoms with E-state index in [1.807, 2.05) is 31.1 Å². The molecule has 3 rings (SSSR count). The number of nitrogens with zero attached hydrogens (tertiary/aromatic N) is 3. The quantitative estimate of drug-likeness (QED) is 0.741. The maximum absolute atomic E-state index is 12.4. The van der Waals surface area contributed by atoms with Crippen molar-refractivity contribution in [1.29, 1.82) is 0 Å². The normalized spacial score (nSPS) is 16.1. The smallest absolute Gasteiger partial charge is 0.410 e. The predicted molar refractivity (Wildman–Crippen MR) is 115 cm³/mol. The first-order valence-corrected chi connectivity index (χ1v) is 10.4. The van der Waals surface area contributed by atoms with Gasteiger partial charge in [-0.1, -0.05) is 0 Å². The van der Waals surface area contributed by atoms with E-state index in [9.17, 15) is 14.7 Å². The molecule has 1 atom stereocenters. The maximum atomic E-state index is 12.4. The first kappa shape index (κ1) is 22.0. The number of hydrogen-bond donors (Lipinski definition) is 1. The van der Waals surface area contributed by atoms with Gasteiger partial charge in [0.05, 0.1) is 36.3 Å². The third-order valence-electron chi connectivity index (χ3n) is 4.57. The second kappa shape index (κ2) is 8.23. The fourth-order valence-electron chi connectivity index (χ4n) is 3.13. The number of hydrogen-bond acceptors (Lipinski definition) is 8. The fraction of sp³-hybridized carbons (Fsp3) is 0.476. The molecule has 2 heterocycles. The Labute approximate surface area is 180 Å². The van der Waals surface area contributed by atoms with Gasteiger partial charge in [0.15, 0.2) is 0 Å². The zero-order valence-electron chi connectivity index (χ0n) is 18.1. The van der Waals surface area contributed by atoms with Crippen molar-refractivity contribution >= 4 is 29.1 Å². The highest BCUT2D eigenvalue weighted by molar-refractivity contribution is 7.15. The van der Waals surface area contributed by atoms with Crippen LogP contribution < -0.4 is 4.90 Å². The van der Waals surface area contributed by atoms with Crippen LogP contribution in [0, 0.1) is 0 Å². The highest BCUT2D eigenvalue weighted by Crippen LogP contribution is 2.38. The lowest BCUT2D eigenvalue weighted by Gasteiger charge is -2.31. The fourth-order valence-corrected chi connectivity index (χ4v) is 4.22. The van der Waals surface area contributed by atoms with Crippen LogP contribution in [0.3, 0.4) is 0 Å². The number of methoxy groups -OCH3 is 1. The molecule has 2 aromatic rings. The van der Waals surface area contributed by atoms with E-state index in [4.69, 9.17) is 9.47 Å². The van der Waals surface area contributed by atoms with Gasteiger partial charge in [0.1, 0.15) is 16.7 Å². The number of thiazole rings is 1. The van der Waals surface area contributed by atoms with Crippen LogP contribution >= 0.6 is 11.3 Å². The molecule has 30 heavy (non-hydrogen) atoms. The Morgan fingerprint density at radius 2 is 2.00 bits per heavy atom. The van der Waals surface area contributed by atoms with E-state index >= 15 is 0 Å². The molecule has 0 radical (unpaired) electrons. The SMILES string of the molecule is COC(=O)c1cc(N(C)C)ccc1-c1nc2c(s1)C(O)CN(C(=O)OC(C)(C)C)C2. The molecule has 1 aromatic heterocycles. The van der Waals surface area contributed by atoms with Crippen molar-refractivity contribution in [3.05, 3.63) is 34.3 Å². The molecule has 8 nitrogen and oxygen atoms in total. The molecule has 162 valence electrons. The summed E-state index contributed by atoms with van der Waals surface area (Å²) in [6.45, 7) is 5.75. The van der Waals surface area contributed by atoms with Gasteiger partial charge in [-0.15, -0.1) is 11.3 Å². The second-order valence-corrected chi connectivity index (χ2v) is 9.35. The summed E-state index contributed by atoms with van der Waals surface area (Å²) in [4.78, 5) is 33.5. The summed E-state index contributed by atoms with van der Waals surface area (Å²) in [5.41, 5.74) is 1.86. The zero-order chi connectivity index (χ0) is 22.2. The van der Waals surface area contributed by atoms with Crippen LogP contribution in [0.1, 0.15) is 47.8 Å². The van der Waals surface area contributed by atoms with Crippen molar-refractivity contribution in [2.45, 2.75) is 39.0 Å². The average Bonchev–Trinajstić information content (AvgIpc) is 3.10. The van der Waals surface area contributed by atoms with Gasteiger partial charge >= 0.3 is 12.1 Å². The summed E-state index contributed by atoms with van der Waals surface area (Å²) in [7, 11) is 5.11. The second-order valence-electron chi connectivity index (χ2n) is 8.32. The lowest BCUT2D eigenvalue weighted by molar-refractivity contribution is 0.00844. The van der Waals surface area contributed by atoms with Crippen molar-refractivity contribution in [3.8, 4) is 10.6 Å². The number of carbonyl (C=O) groups excluding carboxylic acids is 2. The Balaban J connectivity index is 1.96. The molecular weight excluding hydrogens is 406 g/mol. The standard InChI is InChI=1S/C21H27N3O5S/c1-21(2,3)29-20(27)24-10-15-17(16(25)11-24)30-18(22-15)13-8-7-12(23(4)5)9-14(13)19(26)28-6/h7-9,16,25H,10-11H2,1-6H3. The minimum atomic E-state index is -0.866. The molecule has 1 amide bonds. The van der Waals surface area contributed by atoms with Crippen LogP contribution in [0.5, 0.6) is 0 Å². The minimum Gasteiger partial charge on any atom is -0.465 e. The van der Waals surface area contributed by atoms with Crippen molar-refractivity contribution < 1.29 is 24.2 Å². The van der Waals surface area contributed by atoms with E-state index in [0.717, 1.165) is 5.69 Å². The van der Waals surface area contributed by atoms with Crippen molar-refractivity contribution in [1.82, 2.24) is 9.88 Å². The van der Waals surface area contributed by atoms with E-state index < -0.39 is 23.8 Å². The Bertz CT molecular complexity index is 964. The number of rotatable bonds is 3. The van der Waals surface area contributed by atoms with Crippen molar-refractivity contribution in [2.75, 3.05) is 32.6 Å². The van der Waals surface area contributed by atoms with Gasteiger partial charge in [0, 0.05) is 25.3 Å². The molecule has 1 aromatic carbocycles. The molecule has 0 saturated heterocycles. The monoisotopic (exact) mass is 433 g/mol. The van der Waals surface area contributed by atoms with Crippen LogP contribution in [0.15, 0.2) is 18.2 Å². The van der Waals surface area contributed by atoms with E-state index in [2.05, 4.69) is 4.98 Å². The number of aromatic nitrogens is 1.